The number of hydrogen-bond donors (Lipinski definition) is 1. The molecule has 3 rings (SSSR count). The van der Waals surface area contributed by atoms with Gasteiger partial charge in [0, 0.05) is 5.69 Å². The summed E-state index contributed by atoms with van der Waals surface area (Å²) in [5.41, 5.74) is 2.96. The largest absolute Gasteiger partial charge is 0.457 e. The number of hydrogen-bond acceptors (Lipinski definition) is 3. The summed E-state index contributed by atoms with van der Waals surface area (Å²) in [4.78, 5) is 25.4. The van der Waals surface area contributed by atoms with Crippen LogP contribution < -0.4 is 5.32 Å². The van der Waals surface area contributed by atoms with Gasteiger partial charge < -0.3 is 14.5 Å². The zero-order valence-corrected chi connectivity index (χ0v) is 17.7. The molecule has 1 aliphatic heterocycles. The molecule has 1 fully saturated rings. The highest BCUT2D eigenvalue weighted by molar-refractivity contribution is 5.93. The van der Waals surface area contributed by atoms with Crippen LogP contribution in [0.4, 0.5) is 10.1 Å². The first kappa shape index (κ1) is 22.0. The Labute approximate surface area is 177 Å². The van der Waals surface area contributed by atoms with Crippen LogP contribution in [-0.4, -0.2) is 42.5 Å². The summed E-state index contributed by atoms with van der Waals surface area (Å²) in [6, 6.07) is 12.4. The van der Waals surface area contributed by atoms with E-state index in [-0.39, 0.29) is 37.4 Å². The van der Waals surface area contributed by atoms with E-state index in [1.54, 1.807) is 13.8 Å². The monoisotopic (exact) mass is 413 g/mol. The van der Waals surface area contributed by atoms with Crippen molar-refractivity contribution in [2.75, 3.05) is 31.5 Å². The van der Waals surface area contributed by atoms with Crippen LogP contribution in [0.1, 0.15) is 36.0 Å². The van der Waals surface area contributed by atoms with E-state index in [1.165, 1.54) is 12.1 Å². The highest BCUT2D eigenvalue weighted by atomic mass is 19.1. The maximum Gasteiger partial charge on any atom is 0.362 e. The number of anilines is 1. The highest BCUT2D eigenvalue weighted by Crippen LogP contribution is 2.23. The molecule has 160 valence electrons. The average Bonchev–Trinajstić information content (AvgIpc) is 2.70. The van der Waals surface area contributed by atoms with Crippen LogP contribution in [-0.2, 0) is 20.9 Å². The van der Waals surface area contributed by atoms with E-state index in [9.17, 15) is 14.0 Å². The summed E-state index contributed by atoms with van der Waals surface area (Å²) in [5, 5.41) is 2.94. The van der Waals surface area contributed by atoms with E-state index in [0.717, 1.165) is 37.9 Å². The van der Waals surface area contributed by atoms with Gasteiger partial charge in [-0.2, -0.15) is 0 Å². The third kappa shape index (κ3) is 5.89. The molecule has 0 aromatic heterocycles. The Morgan fingerprint density at radius 3 is 2.27 bits per heavy atom. The van der Waals surface area contributed by atoms with Crippen LogP contribution in [0.5, 0.6) is 0 Å². The second-order valence-electron chi connectivity index (χ2n) is 8.27. The normalized spacial score (nSPS) is 15.4. The van der Waals surface area contributed by atoms with E-state index in [2.05, 4.69) is 5.32 Å². The van der Waals surface area contributed by atoms with Crippen molar-refractivity contribution in [1.29, 1.82) is 0 Å². The lowest BCUT2D eigenvalue weighted by molar-refractivity contribution is -0.918. The fraction of sp³-hybridized carbons (Fsp3) is 0.417. The Morgan fingerprint density at radius 1 is 1.00 bits per heavy atom. The standard InChI is InChI=1S/C24H29FN2O3/c1-18-13-21(25)14-19(2)24(18)26-22(28)15-27(11-7-4-8-12-27)16-23(29)30-17-20-9-5-3-6-10-20/h3,5-6,9-10,13-14H,4,7-8,11-12,15-17H2,1-2H3/p+1. The van der Waals surface area contributed by atoms with Gasteiger partial charge in [0.2, 0.25) is 0 Å². The number of carbonyl (C=O) groups excluding carboxylic acids is 2. The molecule has 0 spiro atoms. The summed E-state index contributed by atoms with van der Waals surface area (Å²) < 4.78 is 19.4. The second-order valence-corrected chi connectivity index (χ2v) is 8.27. The third-order valence-electron chi connectivity index (χ3n) is 5.71. The minimum atomic E-state index is -0.316. The number of carbonyl (C=O) groups is 2. The lowest BCUT2D eigenvalue weighted by Crippen LogP contribution is -2.57. The minimum Gasteiger partial charge on any atom is -0.457 e. The molecule has 0 radical (unpaired) electrons. The van der Waals surface area contributed by atoms with Crippen LogP contribution >= 0.6 is 0 Å². The number of piperidine rings is 1. The number of benzene rings is 2. The Kier molecular flexibility index (Phi) is 7.21. The number of esters is 1. The lowest BCUT2D eigenvalue weighted by Gasteiger charge is -2.40. The first-order valence-electron chi connectivity index (χ1n) is 10.5. The summed E-state index contributed by atoms with van der Waals surface area (Å²) >= 11 is 0. The fourth-order valence-electron chi connectivity index (χ4n) is 4.20. The number of halogens is 1. The maximum absolute atomic E-state index is 13.6. The number of quaternary nitrogens is 1. The number of rotatable bonds is 7. The predicted octanol–water partition coefficient (Wildman–Crippen LogP) is 4.13. The van der Waals surface area contributed by atoms with Gasteiger partial charge >= 0.3 is 5.97 Å². The van der Waals surface area contributed by atoms with E-state index in [0.29, 0.717) is 21.3 Å². The molecular weight excluding hydrogens is 383 g/mol. The Hall–Kier alpha value is -2.73. The summed E-state index contributed by atoms with van der Waals surface area (Å²) in [7, 11) is 0. The molecule has 2 aromatic carbocycles. The molecule has 1 amide bonds. The molecule has 0 aliphatic carbocycles. The molecule has 5 nitrogen and oxygen atoms in total. The van der Waals surface area contributed by atoms with E-state index < -0.39 is 0 Å². The van der Waals surface area contributed by atoms with Gasteiger partial charge in [0.05, 0.1) is 13.1 Å². The molecule has 1 aliphatic rings. The van der Waals surface area contributed by atoms with Crippen LogP contribution in [0, 0.1) is 19.7 Å². The van der Waals surface area contributed by atoms with Gasteiger partial charge in [0.1, 0.15) is 12.4 Å². The molecule has 1 saturated heterocycles. The minimum absolute atomic E-state index is 0.162. The number of nitrogens with zero attached hydrogens (tertiary/aromatic N) is 1. The zero-order chi connectivity index (χ0) is 21.6. The van der Waals surface area contributed by atoms with Gasteiger partial charge in [-0.15, -0.1) is 0 Å². The van der Waals surface area contributed by atoms with Crippen molar-refractivity contribution >= 4 is 17.6 Å². The highest BCUT2D eigenvalue weighted by Gasteiger charge is 2.35. The van der Waals surface area contributed by atoms with Crippen molar-refractivity contribution in [2.45, 2.75) is 39.7 Å². The van der Waals surface area contributed by atoms with E-state index in [4.69, 9.17) is 4.74 Å². The second kappa shape index (κ2) is 9.85. The summed E-state index contributed by atoms with van der Waals surface area (Å²) in [6.45, 7) is 5.72. The number of nitrogens with one attached hydrogen (secondary N) is 1. The van der Waals surface area contributed by atoms with Crippen LogP contribution in [0.3, 0.4) is 0 Å². The first-order chi connectivity index (χ1) is 14.4. The molecule has 0 unspecified atom stereocenters. The number of likely N-dealkylation sites (tertiary alicyclic amines) is 1. The van der Waals surface area contributed by atoms with Crippen LogP contribution in [0.15, 0.2) is 42.5 Å². The van der Waals surface area contributed by atoms with Gasteiger partial charge in [0.25, 0.3) is 5.91 Å². The number of ether oxygens (including phenoxy) is 1. The molecule has 30 heavy (non-hydrogen) atoms. The summed E-state index contributed by atoms with van der Waals surface area (Å²) in [6.07, 6.45) is 3.07. The van der Waals surface area contributed by atoms with Gasteiger partial charge in [-0.05, 0) is 61.9 Å². The first-order valence-corrected chi connectivity index (χ1v) is 10.5. The number of amides is 1. The molecule has 2 aromatic rings. The third-order valence-corrected chi connectivity index (χ3v) is 5.71. The predicted molar refractivity (Wildman–Crippen MR) is 114 cm³/mol. The van der Waals surface area contributed by atoms with Gasteiger partial charge in [-0.25, -0.2) is 9.18 Å². The van der Waals surface area contributed by atoms with Crippen molar-refractivity contribution in [1.82, 2.24) is 0 Å². The Morgan fingerprint density at radius 2 is 1.63 bits per heavy atom. The average molecular weight is 414 g/mol. The molecule has 0 bridgehead atoms. The van der Waals surface area contributed by atoms with Crippen LogP contribution in [0.25, 0.3) is 0 Å². The zero-order valence-electron chi connectivity index (χ0n) is 17.7. The van der Waals surface area contributed by atoms with Crippen molar-refractivity contribution in [3.05, 3.63) is 65.0 Å². The van der Waals surface area contributed by atoms with Crippen LogP contribution in [0.2, 0.25) is 0 Å². The Balaban J connectivity index is 1.64. The van der Waals surface area contributed by atoms with Gasteiger partial charge in [0.15, 0.2) is 13.1 Å². The van der Waals surface area contributed by atoms with Crippen molar-refractivity contribution in [3.8, 4) is 0 Å². The van der Waals surface area contributed by atoms with E-state index >= 15 is 0 Å². The SMILES string of the molecule is Cc1cc(F)cc(C)c1NC(=O)C[N+]1(CC(=O)OCc2ccccc2)CCCCC1. The summed E-state index contributed by atoms with van der Waals surface area (Å²) in [5.74, 6) is -0.767. The van der Waals surface area contributed by atoms with Crippen molar-refractivity contribution in [2.24, 2.45) is 0 Å². The van der Waals surface area contributed by atoms with Crippen molar-refractivity contribution < 1.29 is 23.2 Å². The fourth-order valence-corrected chi connectivity index (χ4v) is 4.20. The van der Waals surface area contributed by atoms with Crippen molar-refractivity contribution in [3.63, 3.8) is 0 Å². The smallest absolute Gasteiger partial charge is 0.362 e. The molecule has 6 heteroatoms. The molecule has 0 saturated carbocycles. The molecular formula is C24H30FN2O3+. The molecule has 1 N–H and O–H groups in total. The Bertz CT molecular complexity index is 870. The van der Waals surface area contributed by atoms with E-state index in [1.807, 2.05) is 30.3 Å². The quantitative estimate of drug-likeness (QED) is 0.549. The van der Waals surface area contributed by atoms with Gasteiger partial charge in [-0.1, -0.05) is 30.3 Å². The number of aryl methyl sites for hydroxylation is 2. The molecule has 1 heterocycles. The van der Waals surface area contributed by atoms with Gasteiger partial charge in [-0.3, -0.25) is 4.79 Å². The lowest BCUT2D eigenvalue weighted by atomic mass is 10.1. The molecule has 0 atom stereocenters. The maximum atomic E-state index is 13.6. The topological polar surface area (TPSA) is 55.4 Å².